The number of amides is 1. The Kier molecular flexibility index (Phi) is 3.30. The van der Waals surface area contributed by atoms with E-state index in [-0.39, 0.29) is 17.4 Å². The molecule has 0 saturated heterocycles. The molecule has 0 saturated carbocycles. The molecule has 2 aromatic rings. The summed E-state index contributed by atoms with van der Waals surface area (Å²) < 4.78 is 0. The van der Waals surface area contributed by atoms with Gasteiger partial charge in [0.25, 0.3) is 0 Å². The lowest BCUT2D eigenvalue weighted by Gasteiger charge is -2.33. The Morgan fingerprint density at radius 3 is 2.57 bits per heavy atom. The Morgan fingerprint density at radius 1 is 1.14 bits per heavy atom. The van der Waals surface area contributed by atoms with Crippen molar-refractivity contribution in [2.24, 2.45) is 5.73 Å². The van der Waals surface area contributed by atoms with Crippen LogP contribution in [0.5, 0.6) is 0 Å². The van der Waals surface area contributed by atoms with Gasteiger partial charge in [0.15, 0.2) is 0 Å². The summed E-state index contributed by atoms with van der Waals surface area (Å²) in [7, 11) is 0. The molecular weight excluding hydrogens is 260 g/mol. The summed E-state index contributed by atoms with van der Waals surface area (Å²) in [6.45, 7) is 4.31. The van der Waals surface area contributed by atoms with E-state index < -0.39 is 0 Å². The van der Waals surface area contributed by atoms with E-state index in [0.717, 1.165) is 16.8 Å². The number of nitrogens with one attached hydrogen (secondary N) is 1. The molecule has 1 aliphatic rings. The summed E-state index contributed by atoms with van der Waals surface area (Å²) in [4.78, 5) is 11.5. The molecule has 21 heavy (non-hydrogen) atoms. The van der Waals surface area contributed by atoms with Crippen LogP contribution >= 0.6 is 0 Å². The van der Waals surface area contributed by atoms with Crippen molar-refractivity contribution in [1.82, 2.24) is 0 Å². The van der Waals surface area contributed by atoms with Crippen LogP contribution in [0.1, 0.15) is 36.6 Å². The van der Waals surface area contributed by atoms with Crippen molar-refractivity contribution in [3.05, 3.63) is 65.2 Å². The largest absolute Gasteiger partial charge is 0.326 e. The van der Waals surface area contributed by atoms with Crippen LogP contribution in [0.25, 0.3) is 0 Å². The van der Waals surface area contributed by atoms with E-state index >= 15 is 0 Å². The molecule has 0 aliphatic carbocycles. The average Bonchev–Trinajstić information content (AvgIpc) is 2.86. The van der Waals surface area contributed by atoms with Crippen LogP contribution in [-0.4, -0.2) is 5.91 Å². The Hall–Kier alpha value is -2.13. The number of hydrogen-bond donors (Lipinski definition) is 2. The fourth-order valence-electron chi connectivity index (χ4n) is 2.91. The number of carbonyl (C=O) groups excluding carboxylic acids is 1. The Morgan fingerprint density at radius 2 is 1.86 bits per heavy atom. The second kappa shape index (κ2) is 5.01. The number of rotatable bonds is 3. The van der Waals surface area contributed by atoms with Gasteiger partial charge in [0.1, 0.15) is 0 Å². The minimum atomic E-state index is -0.175. The first-order valence-corrected chi connectivity index (χ1v) is 7.22. The second-order valence-corrected chi connectivity index (χ2v) is 6.21. The van der Waals surface area contributed by atoms with E-state index in [1.807, 2.05) is 30.3 Å². The van der Waals surface area contributed by atoms with Crippen molar-refractivity contribution in [3.63, 3.8) is 0 Å². The topological polar surface area (TPSA) is 55.1 Å². The van der Waals surface area contributed by atoms with Crippen LogP contribution in [0.15, 0.2) is 48.5 Å². The zero-order valence-electron chi connectivity index (χ0n) is 12.4. The molecule has 2 aromatic carbocycles. The Labute approximate surface area is 125 Å². The molecule has 1 unspecified atom stereocenters. The van der Waals surface area contributed by atoms with Gasteiger partial charge in [0.05, 0.1) is 6.42 Å². The normalized spacial score (nSPS) is 15.5. The third-order valence-corrected chi connectivity index (χ3v) is 4.41. The smallest absolute Gasteiger partial charge is 0.228 e. The molecular formula is C18H20N2O. The van der Waals surface area contributed by atoms with Crippen LogP contribution in [0, 0.1) is 0 Å². The third-order valence-electron chi connectivity index (χ3n) is 4.41. The maximum absolute atomic E-state index is 11.5. The molecule has 1 amide bonds. The molecule has 1 heterocycles. The summed E-state index contributed by atoms with van der Waals surface area (Å²) in [5, 5.41) is 2.85. The summed E-state index contributed by atoms with van der Waals surface area (Å²) in [5.74, 6) is 0.0537. The predicted molar refractivity (Wildman–Crippen MR) is 85.2 cm³/mol. The zero-order valence-corrected chi connectivity index (χ0v) is 12.4. The van der Waals surface area contributed by atoms with E-state index in [4.69, 9.17) is 5.73 Å². The van der Waals surface area contributed by atoms with Gasteiger partial charge < -0.3 is 11.1 Å². The second-order valence-electron chi connectivity index (χ2n) is 6.21. The molecule has 0 radical (unpaired) electrons. The summed E-state index contributed by atoms with van der Waals surface area (Å²) >= 11 is 0. The van der Waals surface area contributed by atoms with Gasteiger partial charge in [0, 0.05) is 17.1 Å². The Balaban J connectivity index is 1.94. The monoisotopic (exact) mass is 280 g/mol. The van der Waals surface area contributed by atoms with E-state index in [1.54, 1.807) is 0 Å². The highest BCUT2D eigenvalue weighted by atomic mass is 16.1. The molecule has 108 valence electrons. The molecule has 1 aliphatic heterocycles. The van der Waals surface area contributed by atoms with Crippen LogP contribution in [-0.2, 0) is 16.6 Å². The minimum Gasteiger partial charge on any atom is -0.326 e. The summed E-state index contributed by atoms with van der Waals surface area (Å²) in [6.07, 6.45) is 0.446. The predicted octanol–water partition coefficient (Wildman–Crippen LogP) is 3.16. The van der Waals surface area contributed by atoms with Gasteiger partial charge in [-0.05, 0) is 22.8 Å². The lowest BCUT2D eigenvalue weighted by atomic mass is 9.75. The maximum atomic E-state index is 11.5. The summed E-state index contributed by atoms with van der Waals surface area (Å²) in [6, 6.07) is 16.2. The van der Waals surface area contributed by atoms with E-state index in [9.17, 15) is 4.79 Å². The van der Waals surface area contributed by atoms with E-state index in [0.29, 0.717) is 6.42 Å². The highest BCUT2D eigenvalue weighted by Gasteiger charge is 2.30. The molecule has 1 atom stereocenters. The quantitative estimate of drug-likeness (QED) is 0.907. The number of hydrogen-bond acceptors (Lipinski definition) is 2. The highest BCUT2D eigenvalue weighted by molar-refractivity contribution is 5.99. The molecule has 3 nitrogen and oxygen atoms in total. The number of benzene rings is 2. The van der Waals surface area contributed by atoms with Gasteiger partial charge in [-0.1, -0.05) is 56.3 Å². The Bertz CT molecular complexity index is 677. The molecule has 0 spiro atoms. The van der Waals surface area contributed by atoms with Gasteiger partial charge in [-0.2, -0.15) is 0 Å². The standard InChI is InChI=1S/C18H20N2O/c1-18(2,14-6-4-3-5-7-14)17(19)12-8-9-15-13(10-12)11-16(21)20-15/h3-10,17H,11,19H2,1-2H3,(H,20,21). The first kappa shape index (κ1) is 13.8. The van der Waals surface area contributed by atoms with Crippen molar-refractivity contribution < 1.29 is 4.79 Å². The van der Waals surface area contributed by atoms with Crippen molar-refractivity contribution in [3.8, 4) is 0 Å². The van der Waals surface area contributed by atoms with Crippen molar-refractivity contribution in [1.29, 1.82) is 0 Å². The van der Waals surface area contributed by atoms with Gasteiger partial charge in [-0.25, -0.2) is 0 Å². The zero-order chi connectivity index (χ0) is 15.0. The van der Waals surface area contributed by atoms with Gasteiger partial charge >= 0.3 is 0 Å². The fraction of sp³-hybridized carbons (Fsp3) is 0.278. The molecule has 0 bridgehead atoms. The number of anilines is 1. The fourth-order valence-corrected chi connectivity index (χ4v) is 2.91. The SMILES string of the molecule is CC(C)(c1ccccc1)C(N)c1ccc2c(c1)CC(=O)N2. The average molecular weight is 280 g/mol. The minimum absolute atomic E-state index is 0.0537. The molecule has 0 aromatic heterocycles. The maximum Gasteiger partial charge on any atom is 0.228 e. The van der Waals surface area contributed by atoms with Crippen molar-refractivity contribution >= 4 is 11.6 Å². The molecule has 3 N–H and O–H groups in total. The van der Waals surface area contributed by atoms with Crippen LogP contribution < -0.4 is 11.1 Å². The first-order valence-electron chi connectivity index (χ1n) is 7.22. The van der Waals surface area contributed by atoms with Crippen LogP contribution in [0.4, 0.5) is 5.69 Å². The van der Waals surface area contributed by atoms with Gasteiger partial charge in [0.2, 0.25) is 5.91 Å². The summed E-state index contributed by atoms with van der Waals surface area (Å²) in [5.41, 5.74) is 10.6. The van der Waals surface area contributed by atoms with Crippen LogP contribution in [0.2, 0.25) is 0 Å². The third kappa shape index (κ3) is 2.45. The van der Waals surface area contributed by atoms with Crippen molar-refractivity contribution in [2.75, 3.05) is 5.32 Å². The van der Waals surface area contributed by atoms with Gasteiger partial charge in [-0.3, -0.25) is 4.79 Å². The lowest BCUT2D eigenvalue weighted by molar-refractivity contribution is -0.115. The van der Waals surface area contributed by atoms with Gasteiger partial charge in [-0.15, -0.1) is 0 Å². The van der Waals surface area contributed by atoms with Crippen molar-refractivity contribution in [2.45, 2.75) is 31.7 Å². The van der Waals surface area contributed by atoms with Crippen LogP contribution in [0.3, 0.4) is 0 Å². The number of carbonyl (C=O) groups is 1. The highest BCUT2D eigenvalue weighted by Crippen LogP contribution is 2.36. The number of nitrogens with two attached hydrogens (primary N) is 1. The van der Waals surface area contributed by atoms with E-state index in [2.05, 4.69) is 37.4 Å². The molecule has 3 heteroatoms. The number of fused-ring (bicyclic) bond motifs is 1. The first-order chi connectivity index (χ1) is 9.98. The lowest BCUT2D eigenvalue weighted by Crippen LogP contribution is -2.33. The van der Waals surface area contributed by atoms with E-state index in [1.165, 1.54) is 5.56 Å². The molecule has 0 fully saturated rings. The molecule has 3 rings (SSSR count).